The van der Waals surface area contributed by atoms with E-state index in [0.29, 0.717) is 24.5 Å². The van der Waals surface area contributed by atoms with Crippen molar-refractivity contribution >= 4 is 17.5 Å². The van der Waals surface area contributed by atoms with Crippen molar-refractivity contribution in [3.63, 3.8) is 0 Å². The van der Waals surface area contributed by atoms with Crippen LogP contribution in [0.25, 0.3) is 0 Å². The van der Waals surface area contributed by atoms with Crippen LogP contribution in [0, 0.1) is 6.92 Å². The van der Waals surface area contributed by atoms with Crippen LogP contribution in [0.4, 0.5) is 5.69 Å². The second-order valence-corrected chi connectivity index (χ2v) is 6.09. The van der Waals surface area contributed by atoms with Crippen LogP contribution >= 0.6 is 0 Å². The van der Waals surface area contributed by atoms with E-state index in [4.69, 9.17) is 4.74 Å². The number of nitrogens with one attached hydrogen (secondary N) is 2. The number of rotatable bonds is 8. The summed E-state index contributed by atoms with van der Waals surface area (Å²) in [5.74, 6) is 0.403. The molecule has 0 fully saturated rings. The molecule has 0 aliphatic carbocycles. The molecule has 6 nitrogen and oxygen atoms in total. The summed E-state index contributed by atoms with van der Waals surface area (Å²) in [5.41, 5.74) is 2.58. The quantitative estimate of drug-likeness (QED) is 0.625. The van der Waals surface area contributed by atoms with Crippen molar-refractivity contribution in [2.45, 2.75) is 19.9 Å². The van der Waals surface area contributed by atoms with Crippen LogP contribution in [0.2, 0.25) is 0 Å². The molecule has 4 N–H and O–H groups in total. The van der Waals surface area contributed by atoms with Crippen molar-refractivity contribution in [3.05, 3.63) is 59.7 Å². The molecule has 0 heterocycles. The predicted molar refractivity (Wildman–Crippen MR) is 101 cm³/mol. The molecular weight excluding hydrogens is 330 g/mol. The first kappa shape index (κ1) is 19.5. The van der Waals surface area contributed by atoms with E-state index in [9.17, 15) is 9.59 Å². The Morgan fingerprint density at radius 1 is 1.15 bits per heavy atom. The first-order chi connectivity index (χ1) is 12.5. The lowest BCUT2D eigenvalue weighted by Crippen LogP contribution is -2.88. The van der Waals surface area contributed by atoms with Gasteiger partial charge in [-0.3, -0.25) is 9.59 Å². The Hall–Kier alpha value is -2.86. The van der Waals surface area contributed by atoms with Crippen LogP contribution in [0.1, 0.15) is 24.1 Å². The van der Waals surface area contributed by atoms with E-state index in [0.717, 1.165) is 11.1 Å². The highest BCUT2D eigenvalue weighted by Gasteiger charge is 2.24. The number of ether oxygens (including phenoxy) is 1. The van der Waals surface area contributed by atoms with E-state index in [1.165, 1.54) is 6.92 Å². The number of carbonyl (C=O) groups is 2. The second-order valence-electron chi connectivity index (χ2n) is 6.09. The second kappa shape index (κ2) is 9.58. The van der Waals surface area contributed by atoms with Gasteiger partial charge in [0.2, 0.25) is 5.91 Å². The zero-order valence-corrected chi connectivity index (χ0v) is 15.4. The Bertz CT molecular complexity index is 747. The van der Waals surface area contributed by atoms with Crippen LogP contribution in [-0.2, 0) is 9.59 Å². The number of aryl methyl sites for hydroxylation is 1. The van der Waals surface area contributed by atoms with Gasteiger partial charge in [-0.05, 0) is 24.6 Å². The maximum absolute atomic E-state index is 12.9. The zero-order valence-electron chi connectivity index (χ0n) is 15.4. The van der Waals surface area contributed by atoms with Crippen LogP contribution in [0.15, 0.2) is 48.5 Å². The Balaban J connectivity index is 2.15. The van der Waals surface area contributed by atoms with Gasteiger partial charge in [0.15, 0.2) is 6.04 Å². The summed E-state index contributed by atoms with van der Waals surface area (Å²) in [4.78, 5) is 24.0. The predicted octanol–water partition coefficient (Wildman–Crippen LogP) is 1.38. The molecular formula is C20H26N3O3+. The van der Waals surface area contributed by atoms with Crippen LogP contribution < -0.4 is 20.7 Å². The number of nitrogens with two attached hydrogens (primary N) is 1. The average molecular weight is 356 g/mol. The van der Waals surface area contributed by atoms with Crippen LogP contribution in [0.5, 0.6) is 5.75 Å². The lowest BCUT2D eigenvalue weighted by atomic mass is 10.1. The van der Waals surface area contributed by atoms with E-state index in [2.05, 4.69) is 10.6 Å². The number of hydrogen-bond donors (Lipinski definition) is 3. The number of anilines is 1. The molecule has 26 heavy (non-hydrogen) atoms. The van der Waals surface area contributed by atoms with Crippen molar-refractivity contribution in [3.8, 4) is 5.75 Å². The van der Waals surface area contributed by atoms with Gasteiger partial charge in [-0.25, -0.2) is 0 Å². The lowest BCUT2D eigenvalue weighted by molar-refractivity contribution is -0.680. The molecule has 0 aromatic heterocycles. The first-order valence-electron chi connectivity index (χ1n) is 8.59. The van der Waals surface area contributed by atoms with E-state index in [-0.39, 0.29) is 11.8 Å². The highest BCUT2D eigenvalue weighted by molar-refractivity contribution is 5.95. The van der Waals surface area contributed by atoms with Gasteiger partial charge in [-0.2, -0.15) is 0 Å². The Kier molecular flexibility index (Phi) is 7.17. The third-order valence-electron chi connectivity index (χ3n) is 3.97. The Labute approximate surface area is 153 Å². The van der Waals surface area contributed by atoms with Gasteiger partial charge in [0.05, 0.1) is 25.9 Å². The first-order valence-corrected chi connectivity index (χ1v) is 8.59. The highest BCUT2D eigenvalue weighted by atomic mass is 16.5. The summed E-state index contributed by atoms with van der Waals surface area (Å²) in [6.45, 7) is 4.53. The summed E-state index contributed by atoms with van der Waals surface area (Å²) >= 11 is 0. The number of methoxy groups -OCH3 is 1. The topological polar surface area (TPSA) is 84.0 Å². The Morgan fingerprint density at radius 3 is 2.54 bits per heavy atom. The number of hydrogen-bond acceptors (Lipinski definition) is 3. The van der Waals surface area contributed by atoms with Crippen LogP contribution in [0.3, 0.4) is 0 Å². The monoisotopic (exact) mass is 356 g/mol. The smallest absolute Gasteiger partial charge is 0.287 e. The lowest BCUT2D eigenvalue weighted by Gasteiger charge is -2.17. The van der Waals surface area contributed by atoms with Crippen molar-refractivity contribution in [1.29, 1.82) is 0 Å². The summed E-state index contributed by atoms with van der Waals surface area (Å²) in [5, 5.41) is 7.63. The third-order valence-corrected chi connectivity index (χ3v) is 3.97. The van der Waals surface area contributed by atoms with Crippen molar-refractivity contribution < 1.29 is 19.6 Å². The fourth-order valence-electron chi connectivity index (χ4n) is 2.68. The van der Waals surface area contributed by atoms with Crippen molar-refractivity contribution in [2.24, 2.45) is 0 Å². The maximum atomic E-state index is 12.9. The molecule has 1 atom stereocenters. The standard InChI is InChI=1S/C20H25N3O3/c1-14-9-10-18(26-3)17(13-14)23-20(25)19(16-7-5-4-6-8-16)22-12-11-21-15(2)24/h4-10,13,19,22H,11-12H2,1-3H3,(H,21,24)(H,23,25)/p+1/t19-/m1/s1. The van der Waals surface area contributed by atoms with Gasteiger partial charge in [-0.15, -0.1) is 0 Å². The number of benzene rings is 2. The minimum Gasteiger partial charge on any atom is -0.495 e. The van der Waals surface area contributed by atoms with Gasteiger partial charge in [0.1, 0.15) is 5.75 Å². The molecule has 2 rings (SSSR count). The molecule has 0 saturated carbocycles. The SMILES string of the molecule is COc1ccc(C)cc1NC(=O)[C@H]([NH2+]CCNC(C)=O)c1ccccc1. The molecule has 0 spiro atoms. The zero-order chi connectivity index (χ0) is 18.9. The van der Waals surface area contributed by atoms with Crippen molar-refractivity contribution in [2.75, 3.05) is 25.5 Å². The summed E-state index contributed by atoms with van der Waals surface area (Å²) in [6.07, 6.45) is 0. The molecule has 2 aromatic rings. The molecule has 2 amide bonds. The molecule has 2 aromatic carbocycles. The van der Waals surface area contributed by atoms with Gasteiger partial charge in [0.25, 0.3) is 5.91 Å². The number of carbonyl (C=O) groups excluding carboxylic acids is 2. The van der Waals surface area contributed by atoms with Crippen LogP contribution in [-0.4, -0.2) is 32.0 Å². The highest BCUT2D eigenvalue weighted by Crippen LogP contribution is 2.26. The van der Waals surface area contributed by atoms with Gasteiger partial charge >= 0.3 is 0 Å². The van der Waals surface area contributed by atoms with Gasteiger partial charge in [0, 0.05) is 12.5 Å². The minimum absolute atomic E-state index is 0.0800. The molecule has 0 aliphatic rings. The van der Waals surface area contributed by atoms with E-state index in [1.54, 1.807) is 7.11 Å². The molecule has 0 unspecified atom stereocenters. The maximum Gasteiger partial charge on any atom is 0.287 e. The fourth-order valence-corrected chi connectivity index (χ4v) is 2.68. The molecule has 0 saturated heterocycles. The van der Waals surface area contributed by atoms with E-state index < -0.39 is 6.04 Å². The number of amides is 2. The Morgan fingerprint density at radius 2 is 1.88 bits per heavy atom. The summed E-state index contributed by atoms with van der Waals surface area (Å²) in [6, 6.07) is 14.8. The third kappa shape index (κ3) is 5.60. The van der Waals surface area contributed by atoms with E-state index >= 15 is 0 Å². The summed E-state index contributed by atoms with van der Waals surface area (Å²) in [7, 11) is 1.58. The molecule has 0 bridgehead atoms. The average Bonchev–Trinajstić information content (AvgIpc) is 2.62. The molecule has 6 heteroatoms. The minimum atomic E-state index is -0.421. The largest absolute Gasteiger partial charge is 0.495 e. The van der Waals surface area contributed by atoms with E-state index in [1.807, 2.05) is 60.8 Å². The van der Waals surface area contributed by atoms with Crippen molar-refractivity contribution in [1.82, 2.24) is 5.32 Å². The molecule has 138 valence electrons. The van der Waals surface area contributed by atoms with Gasteiger partial charge in [-0.1, -0.05) is 36.4 Å². The molecule has 0 aliphatic heterocycles. The fraction of sp³-hybridized carbons (Fsp3) is 0.300. The normalized spacial score (nSPS) is 11.5. The molecule has 0 radical (unpaired) electrons. The summed E-state index contributed by atoms with van der Waals surface area (Å²) < 4.78 is 5.34. The number of quaternary nitrogens is 1. The van der Waals surface area contributed by atoms with Gasteiger partial charge < -0.3 is 20.7 Å².